The molecule has 0 fully saturated rings. The first kappa shape index (κ1) is 25.7. The van der Waals surface area contributed by atoms with Crippen LogP contribution in [0.1, 0.15) is 75.5 Å². The minimum absolute atomic E-state index is 0.488. The summed E-state index contributed by atoms with van der Waals surface area (Å²) in [6, 6.07) is 7.31. The molecular weight excluding hydrogens is 448 g/mol. The second-order valence-electron chi connectivity index (χ2n) is 10.1. The molecule has 3 atom stereocenters. The van der Waals surface area contributed by atoms with Crippen LogP contribution in [0.5, 0.6) is 0 Å². The molecule has 3 aliphatic carbocycles. The Hall–Kier alpha value is -1.38. The Balaban J connectivity index is 1.51. The molecule has 0 saturated carbocycles. The minimum atomic E-state index is 0.488. The zero-order chi connectivity index (χ0) is 23.9. The van der Waals surface area contributed by atoms with Crippen LogP contribution in [-0.2, 0) is 12.8 Å². The predicted octanol–water partition coefficient (Wildman–Crippen LogP) is 9.59. The fourth-order valence-electron chi connectivity index (χ4n) is 5.66. The van der Waals surface area contributed by atoms with Gasteiger partial charge in [-0.1, -0.05) is 93.7 Å². The van der Waals surface area contributed by atoms with Crippen molar-refractivity contribution in [3.63, 3.8) is 0 Å². The van der Waals surface area contributed by atoms with Gasteiger partial charge in [0.15, 0.2) is 0 Å². The molecule has 0 heterocycles. The molecule has 34 heavy (non-hydrogen) atoms. The lowest BCUT2D eigenvalue weighted by Gasteiger charge is -2.27. The lowest BCUT2D eigenvalue weighted by molar-refractivity contribution is 0.449. The average Bonchev–Trinajstić information content (AvgIpc) is 2.88. The standard InChI is InChI=1S/C32H42S2/c1-5-7-10-23(6-2)17-24-13-14-27-20-29(32(34-4)22-30(27)18-24)16-15-28-19-25-11-8-9-12-26(25)21-31(28)33-3/h8,11,13-16,18-19,22-23,29,31H,5-7,9-10,12,17,20-21H2,1-4H3/b16-15+. The molecule has 0 N–H and O–H groups in total. The summed E-state index contributed by atoms with van der Waals surface area (Å²) in [5.74, 6) is 1.31. The molecule has 0 aliphatic heterocycles. The summed E-state index contributed by atoms with van der Waals surface area (Å²) >= 11 is 3.94. The fraction of sp³-hybridized carbons (Fsp3) is 0.500. The maximum atomic E-state index is 2.49. The van der Waals surface area contributed by atoms with E-state index in [1.54, 1.807) is 5.57 Å². The summed E-state index contributed by atoms with van der Waals surface area (Å²) in [5.41, 5.74) is 9.12. The van der Waals surface area contributed by atoms with Crippen molar-refractivity contribution in [2.75, 3.05) is 12.5 Å². The van der Waals surface area contributed by atoms with Crippen molar-refractivity contribution < 1.29 is 0 Å². The second-order valence-corrected chi connectivity index (χ2v) is 12.1. The summed E-state index contributed by atoms with van der Waals surface area (Å²) in [6.07, 6.45) is 30.4. The smallest absolute Gasteiger partial charge is 0.0332 e. The van der Waals surface area contributed by atoms with Gasteiger partial charge in [0.05, 0.1) is 0 Å². The molecule has 0 bridgehead atoms. The Morgan fingerprint density at radius 1 is 1.12 bits per heavy atom. The lowest BCUT2D eigenvalue weighted by atomic mass is 9.84. The molecule has 182 valence electrons. The highest BCUT2D eigenvalue weighted by Gasteiger charge is 2.23. The van der Waals surface area contributed by atoms with Gasteiger partial charge in [-0.05, 0) is 89.4 Å². The maximum absolute atomic E-state index is 2.49. The van der Waals surface area contributed by atoms with Gasteiger partial charge in [0.1, 0.15) is 0 Å². The Morgan fingerprint density at radius 3 is 2.76 bits per heavy atom. The molecule has 1 aromatic rings. The van der Waals surface area contributed by atoms with Gasteiger partial charge < -0.3 is 0 Å². The molecule has 0 amide bonds. The summed E-state index contributed by atoms with van der Waals surface area (Å²) in [5, 5.41) is 0.598. The molecule has 1 aromatic carbocycles. The molecule has 0 aromatic heterocycles. The molecule has 0 saturated heterocycles. The summed E-state index contributed by atoms with van der Waals surface area (Å²) in [6.45, 7) is 4.66. The molecule has 0 radical (unpaired) electrons. The Bertz CT molecular complexity index is 1000. The highest BCUT2D eigenvalue weighted by Crippen LogP contribution is 2.39. The van der Waals surface area contributed by atoms with Crippen molar-refractivity contribution in [2.24, 2.45) is 11.8 Å². The van der Waals surface area contributed by atoms with Gasteiger partial charge in [-0.25, -0.2) is 0 Å². The Labute approximate surface area is 217 Å². The molecule has 3 unspecified atom stereocenters. The number of fused-ring (bicyclic) bond motifs is 1. The number of hydrogen-bond acceptors (Lipinski definition) is 2. The van der Waals surface area contributed by atoms with Crippen molar-refractivity contribution >= 4 is 29.6 Å². The zero-order valence-corrected chi connectivity index (χ0v) is 23.2. The van der Waals surface area contributed by atoms with E-state index in [9.17, 15) is 0 Å². The van der Waals surface area contributed by atoms with Crippen LogP contribution in [-0.4, -0.2) is 17.8 Å². The summed E-state index contributed by atoms with van der Waals surface area (Å²) in [7, 11) is 0. The number of thioether (sulfide) groups is 2. The van der Waals surface area contributed by atoms with Crippen LogP contribution >= 0.6 is 23.5 Å². The van der Waals surface area contributed by atoms with E-state index in [0.29, 0.717) is 11.2 Å². The number of rotatable bonds is 10. The number of unbranched alkanes of at least 4 members (excludes halogenated alkanes) is 1. The van der Waals surface area contributed by atoms with E-state index in [0.717, 1.165) is 12.3 Å². The Kier molecular flexibility index (Phi) is 9.48. The van der Waals surface area contributed by atoms with Gasteiger partial charge in [-0.15, -0.1) is 11.8 Å². The second kappa shape index (κ2) is 12.5. The van der Waals surface area contributed by atoms with Crippen LogP contribution in [0.4, 0.5) is 0 Å². The summed E-state index contributed by atoms with van der Waals surface area (Å²) in [4.78, 5) is 1.51. The SMILES string of the molecule is CCCCC(CC)Cc1ccc2c(c1)C=C(SC)C(/C=C/C1=CC3=C(CCC=C3)CC1SC)C2. The van der Waals surface area contributed by atoms with E-state index in [2.05, 4.69) is 81.0 Å². The zero-order valence-electron chi connectivity index (χ0n) is 21.6. The van der Waals surface area contributed by atoms with Crippen molar-refractivity contribution in [3.05, 3.63) is 86.9 Å². The van der Waals surface area contributed by atoms with Crippen molar-refractivity contribution in [1.82, 2.24) is 0 Å². The van der Waals surface area contributed by atoms with Gasteiger partial charge >= 0.3 is 0 Å². The molecule has 0 nitrogen and oxygen atoms in total. The average molecular weight is 491 g/mol. The fourth-order valence-corrected chi connectivity index (χ4v) is 7.15. The van der Waals surface area contributed by atoms with E-state index in [1.807, 2.05) is 23.5 Å². The molecule has 4 rings (SSSR count). The van der Waals surface area contributed by atoms with Gasteiger partial charge in [0.25, 0.3) is 0 Å². The van der Waals surface area contributed by atoms with E-state index in [4.69, 9.17) is 0 Å². The van der Waals surface area contributed by atoms with Crippen molar-refractivity contribution in [2.45, 2.75) is 76.9 Å². The monoisotopic (exact) mass is 490 g/mol. The third-order valence-electron chi connectivity index (χ3n) is 7.87. The first-order valence-corrected chi connectivity index (χ1v) is 15.8. The molecule has 0 spiro atoms. The van der Waals surface area contributed by atoms with E-state index >= 15 is 0 Å². The van der Waals surface area contributed by atoms with Gasteiger partial charge in [-0.2, -0.15) is 11.8 Å². The first-order valence-electron chi connectivity index (χ1n) is 13.3. The van der Waals surface area contributed by atoms with Crippen LogP contribution in [0.15, 0.2) is 70.2 Å². The number of benzene rings is 1. The van der Waals surface area contributed by atoms with Crippen molar-refractivity contribution in [3.8, 4) is 0 Å². The van der Waals surface area contributed by atoms with Crippen LogP contribution in [0.2, 0.25) is 0 Å². The lowest BCUT2D eigenvalue weighted by Crippen LogP contribution is -2.14. The highest BCUT2D eigenvalue weighted by atomic mass is 32.2. The largest absolute Gasteiger partial charge is 0.157 e. The normalized spacial score (nSPS) is 22.9. The maximum Gasteiger partial charge on any atom is 0.0332 e. The van der Waals surface area contributed by atoms with Crippen LogP contribution in [0.3, 0.4) is 0 Å². The Morgan fingerprint density at radius 2 is 2.00 bits per heavy atom. The number of allylic oxidation sites excluding steroid dienone is 8. The topological polar surface area (TPSA) is 0 Å². The molecule has 3 aliphatic rings. The predicted molar refractivity (Wildman–Crippen MR) is 157 cm³/mol. The van der Waals surface area contributed by atoms with E-state index in [-0.39, 0.29) is 0 Å². The summed E-state index contributed by atoms with van der Waals surface area (Å²) < 4.78 is 0. The minimum Gasteiger partial charge on any atom is -0.157 e. The molecule has 2 heteroatoms. The van der Waals surface area contributed by atoms with Crippen molar-refractivity contribution in [1.29, 1.82) is 0 Å². The van der Waals surface area contributed by atoms with E-state index < -0.39 is 0 Å². The highest BCUT2D eigenvalue weighted by molar-refractivity contribution is 8.02. The van der Waals surface area contributed by atoms with E-state index in [1.165, 1.54) is 84.1 Å². The number of hydrogen-bond donors (Lipinski definition) is 0. The van der Waals surface area contributed by atoms with Crippen LogP contribution < -0.4 is 0 Å². The third kappa shape index (κ3) is 6.24. The quantitative estimate of drug-likeness (QED) is 0.320. The van der Waals surface area contributed by atoms with Gasteiger partial charge in [0.2, 0.25) is 0 Å². The first-order chi connectivity index (χ1) is 16.6. The van der Waals surface area contributed by atoms with Gasteiger partial charge in [-0.3, -0.25) is 0 Å². The van der Waals surface area contributed by atoms with Crippen LogP contribution in [0.25, 0.3) is 6.08 Å². The van der Waals surface area contributed by atoms with Gasteiger partial charge in [0, 0.05) is 11.2 Å². The van der Waals surface area contributed by atoms with Crippen LogP contribution in [0, 0.1) is 11.8 Å². The molecular formula is C32H42S2. The third-order valence-corrected chi connectivity index (χ3v) is 9.77.